The van der Waals surface area contributed by atoms with Crippen molar-refractivity contribution in [1.82, 2.24) is 9.88 Å². The summed E-state index contributed by atoms with van der Waals surface area (Å²) >= 11 is 5.71. The van der Waals surface area contributed by atoms with Crippen molar-refractivity contribution in [3.8, 4) is 11.5 Å². The summed E-state index contributed by atoms with van der Waals surface area (Å²) in [4.78, 5) is 6.52. The summed E-state index contributed by atoms with van der Waals surface area (Å²) in [7, 11) is 3.27. The van der Waals surface area contributed by atoms with Crippen molar-refractivity contribution in [3.05, 3.63) is 48.3 Å². The number of pyridine rings is 1. The predicted octanol–water partition coefficient (Wildman–Crippen LogP) is 3.48. The number of hydrogen-bond acceptors (Lipinski definition) is 5. The highest BCUT2D eigenvalue weighted by atomic mass is 32.1. The van der Waals surface area contributed by atoms with Gasteiger partial charge in [0.1, 0.15) is 11.5 Å². The molecule has 0 unspecified atom stereocenters. The van der Waals surface area contributed by atoms with Gasteiger partial charge in [-0.25, -0.2) is 0 Å². The maximum absolute atomic E-state index is 5.81. The first-order chi connectivity index (χ1) is 13.2. The van der Waals surface area contributed by atoms with Crippen molar-refractivity contribution < 1.29 is 14.2 Å². The van der Waals surface area contributed by atoms with E-state index in [-0.39, 0.29) is 6.10 Å². The van der Waals surface area contributed by atoms with E-state index < -0.39 is 0 Å². The van der Waals surface area contributed by atoms with Crippen LogP contribution in [-0.2, 0) is 11.3 Å². The normalized spacial score (nSPS) is 16.0. The Morgan fingerprint density at radius 2 is 2.19 bits per heavy atom. The number of hydrogen-bond donors (Lipinski definition) is 1. The van der Waals surface area contributed by atoms with E-state index in [4.69, 9.17) is 26.4 Å². The zero-order valence-corrected chi connectivity index (χ0v) is 16.5. The first-order valence-corrected chi connectivity index (χ1v) is 9.40. The van der Waals surface area contributed by atoms with Gasteiger partial charge in [0.05, 0.1) is 38.2 Å². The van der Waals surface area contributed by atoms with Gasteiger partial charge in [0, 0.05) is 25.4 Å². The van der Waals surface area contributed by atoms with Crippen molar-refractivity contribution in [1.29, 1.82) is 0 Å². The quantitative estimate of drug-likeness (QED) is 0.730. The van der Waals surface area contributed by atoms with Crippen LogP contribution >= 0.6 is 12.2 Å². The lowest BCUT2D eigenvalue weighted by molar-refractivity contribution is 0.0903. The molecule has 0 bridgehead atoms. The minimum atomic E-state index is 0.181. The fraction of sp³-hybridized carbons (Fsp3) is 0.400. The molecular formula is C20H25N3O3S. The van der Waals surface area contributed by atoms with E-state index in [1.165, 1.54) is 0 Å². The van der Waals surface area contributed by atoms with Crippen molar-refractivity contribution >= 4 is 23.0 Å². The van der Waals surface area contributed by atoms with E-state index in [1.54, 1.807) is 20.4 Å². The van der Waals surface area contributed by atoms with Crippen LogP contribution in [0.2, 0.25) is 0 Å². The van der Waals surface area contributed by atoms with E-state index in [2.05, 4.69) is 15.2 Å². The van der Waals surface area contributed by atoms with Crippen LogP contribution in [0.25, 0.3) is 0 Å². The Morgan fingerprint density at radius 3 is 2.85 bits per heavy atom. The number of thiocarbonyl (C=S) groups is 1. The molecule has 3 rings (SSSR count). The Bertz CT molecular complexity index is 751. The first kappa shape index (κ1) is 19.4. The van der Waals surface area contributed by atoms with Gasteiger partial charge in [0.25, 0.3) is 0 Å². The summed E-state index contributed by atoms with van der Waals surface area (Å²) < 4.78 is 16.6. The van der Waals surface area contributed by atoms with Crippen molar-refractivity contribution in [2.24, 2.45) is 0 Å². The number of ether oxygens (including phenoxy) is 3. The van der Waals surface area contributed by atoms with Gasteiger partial charge in [-0.2, -0.15) is 0 Å². The van der Waals surface area contributed by atoms with Crippen LogP contribution in [0.4, 0.5) is 5.69 Å². The predicted molar refractivity (Wildman–Crippen MR) is 109 cm³/mol. The van der Waals surface area contributed by atoms with E-state index in [0.717, 1.165) is 36.6 Å². The number of methoxy groups -OCH3 is 2. The summed E-state index contributed by atoms with van der Waals surface area (Å²) in [5, 5.41) is 3.90. The summed E-state index contributed by atoms with van der Waals surface area (Å²) in [5.41, 5.74) is 1.72. The molecule has 1 aromatic carbocycles. The Hall–Kier alpha value is -2.38. The van der Waals surface area contributed by atoms with Gasteiger partial charge in [-0.15, -0.1) is 0 Å². The maximum Gasteiger partial charge on any atom is 0.173 e. The molecule has 0 aliphatic carbocycles. The molecule has 1 fully saturated rings. The lowest BCUT2D eigenvalue weighted by atomic mass is 10.2. The van der Waals surface area contributed by atoms with Crippen LogP contribution in [0.5, 0.6) is 11.5 Å². The molecule has 6 nitrogen and oxygen atoms in total. The third-order valence-electron chi connectivity index (χ3n) is 4.46. The van der Waals surface area contributed by atoms with Gasteiger partial charge in [-0.1, -0.05) is 6.07 Å². The van der Waals surface area contributed by atoms with Crippen LogP contribution in [-0.4, -0.2) is 48.5 Å². The molecule has 0 amide bonds. The highest BCUT2D eigenvalue weighted by Gasteiger charge is 2.22. The number of aromatic nitrogens is 1. The molecule has 1 aromatic heterocycles. The number of rotatable bonds is 7. The van der Waals surface area contributed by atoms with Crippen molar-refractivity contribution in [2.75, 3.05) is 32.7 Å². The molecule has 0 radical (unpaired) electrons. The van der Waals surface area contributed by atoms with Crippen LogP contribution in [0.1, 0.15) is 18.5 Å². The number of benzene rings is 1. The maximum atomic E-state index is 5.81. The molecule has 27 heavy (non-hydrogen) atoms. The number of anilines is 1. The molecule has 1 aliphatic rings. The van der Waals surface area contributed by atoms with Crippen molar-refractivity contribution in [3.63, 3.8) is 0 Å². The molecule has 1 N–H and O–H groups in total. The molecule has 1 atom stereocenters. The molecule has 1 saturated heterocycles. The van der Waals surface area contributed by atoms with Crippen LogP contribution in [0.15, 0.2) is 42.6 Å². The van der Waals surface area contributed by atoms with Gasteiger partial charge in [0.2, 0.25) is 0 Å². The third-order valence-corrected chi connectivity index (χ3v) is 4.82. The highest BCUT2D eigenvalue weighted by molar-refractivity contribution is 7.80. The summed E-state index contributed by atoms with van der Waals surface area (Å²) in [5.74, 6) is 1.43. The molecule has 2 aromatic rings. The molecule has 144 valence electrons. The molecule has 1 aliphatic heterocycles. The van der Waals surface area contributed by atoms with E-state index in [9.17, 15) is 0 Å². The second-order valence-electron chi connectivity index (χ2n) is 6.33. The van der Waals surface area contributed by atoms with Crippen LogP contribution < -0.4 is 14.8 Å². The van der Waals surface area contributed by atoms with Gasteiger partial charge < -0.3 is 24.4 Å². The topological polar surface area (TPSA) is 55.9 Å². The Kier molecular flexibility index (Phi) is 6.84. The molecule has 7 heteroatoms. The van der Waals surface area contributed by atoms with Gasteiger partial charge in [-0.3, -0.25) is 4.98 Å². The standard InChI is InChI=1S/C20H25N3O3S/c1-24-16-8-9-19(25-2)18(12-16)22-20(27)23(14-17-7-5-11-26-17)13-15-6-3-4-10-21-15/h3-4,6,8-10,12,17H,5,7,11,13-14H2,1-2H3,(H,22,27)/t17-/m1/s1. The fourth-order valence-corrected chi connectivity index (χ4v) is 3.30. The van der Waals surface area contributed by atoms with Crippen molar-refractivity contribution in [2.45, 2.75) is 25.5 Å². The number of nitrogens with zero attached hydrogens (tertiary/aromatic N) is 2. The second-order valence-corrected chi connectivity index (χ2v) is 6.72. The average Bonchev–Trinajstić information content (AvgIpc) is 3.21. The summed E-state index contributed by atoms with van der Waals surface area (Å²) in [6.45, 7) is 2.14. The Morgan fingerprint density at radius 1 is 1.30 bits per heavy atom. The average molecular weight is 388 g/mol. The Balaban J connectivity index is 1.77. The second kappa shape index (κ2) is 9.53. The minimum absolute atomic E-state index is 0.181. The van der Waals surface area contributed by atoms with Gasteiger partial charge in [-0.05, 0) is 49.3 Å². The lowest BCUT2D eigenvalue weighted by Crippen LogP contribution is -2.39. The lowest BCUT2D eigenvalue weighted by Gasteiger charge is -2.28. The molecular weight excluding hydrogens is 362 g/mol. The molecule has 0 saturated carbocycles. The number of nitrogens with one attached hydrogen (secondary N) is 1. The molecule has 0 spiro atoms. The SMILES string of the molecule is COc1ccc(OC)c(NC(=S)N(Cc2ccccn2)C[C@H]2CCCO2)c1. The van der Waals surface area contributed by atoms with Gasteiger partial charge in [0.15, 0.2) is 5.11 Å². The minimum Gasteiger partial charge on any atom is -0.497 e. The van der Waals surface area contributed by atoms with Crippen LogP contribution in [0, 0.1) is 0 Å². The zero-order valence-electron chi connectivity index (χ0n) is 15.7. The highest BCUT2D eigenvalue weighted by Crippen LogP contribution is 2.29. The van der Waals surface area contributed by atoms with Crippen LogP contribution in [0.3, 0.4) is 0 Å². The largest absolute Gasteiger partial charge is 0.497 e. The third kappa shape index (κ3) is 5.30. The van der Waals surface area contributed by atoms with E-state index in [1.807, 2.05) is 36.4 Å². The summed E-state index contributed by atoms with van der Waals surface area (Å²) in [6, 6.07) is 11.5. The summed E-state index contributed by atoms with van der Waals surface area (Å²) in [6.07, 6.45) is 4.11. The Labute approximate surface area is 165 Å². The smallest absolute Gasteiger partial charge is 0.173 e. The molecule has 2 heterocycles. The van der Waals surface area contributed by atoms with Gasteiger partial charge >= 0.3 is 0 Å². The fourth-order valence-electron chi connectivity index (χ4n) is 3.05. The van der Waals surface area contributed by atoms with E-state index in [0.29, 0.717) is 24.0 Å². The van der Waals surface area contributed by atoms with E-state index >= 15 is 0 Å². The first-order valence-electron chi connectivity index (χ1n) is 8.99. The zero-order chi connectivity index (χ0) is 19.1. The monoisotopic (exact) mass is 387 g/mol.